The smallest absolute Gasteiger partial charge is 0.164 e. The lowest BCUT2D eigenvalue weighted by molar-refractivity contribution is 0.669. The highest BCUT2D eigenvalue weighted by molar-refractivity contribution is 7.26. The van der Waals surface area contributed by atoms with Gasteiger partial charge in [0.2, 0.25) is 0 Å². The number of para-hydroxylation sites is 2. The Morgan fingerprint density at radius 2 is 0.984 bits per heavy atom. The van der Waals surface area contributed by atoms with Crippen LogP contribution in [-0.2, 0) is 0 Å². The van der Waals surface area contributed by atoms with Crippen LogP contribution in [-0.4, -0.2) is 19.5 Å². The Morgan fingerprint density at radius 1 is 0.365 bits per heavy atom. The molecule has 5 nitrogen and oxygen atoms in total. The molecule has 0 radical (unpaired) electrons. The Bertz CT molecular complexity index is 3910. The van der Waals surface area contributed by atoms with Crippen LogP contribution in [0.3, 0.4) is 0 Å². The van der Waals surface area contributed by atoms with Crippen LogP contribution in [0.4, 0.5) is 0 Å². The fourth-order valence-electron chi connectivity index (χ4n) is 9.42. The lowest BCUT2D eigenvalue weighted by Gasteiger charge is -2.10. The van der Waals surface area contributed by atoms with Gasteiger partial charge in [-0.1, -0.05) is 146 Å². The van der Waals surface area contributed by atoms with E-state index in [1.54, 1.807) is 0 Å². The van der Waals surface area contributed by atoms with E-state index in [9.17, 15) is 0 Å². The van der Waals surface area contributed by atoms with Gasteiger partial charge in [-0.15, -0.1) is 11.3 Å². The molecule has 0 saturated carbocycles. The maximum Gasteiger partial charge on any atom is 0.164 e. The van der Waals surface area contributed by atoms with Crippen molar-refractivity contribution in [3.63, 3.8) is 0 Å². The second kappa shape index (κ2) is 14.2. The molecule has 0 N–H and O–H groups in total. The average Bonchev–Trinajstić information content (AvgIpc) is 4.04. The first-order valence-corrected chi connectivity index (χ1v) is 21.9. The third kappa shape index (κ3) is 5.73. The maximum absolute atomic E-state index is 6.60. The van der Waals surface area contributed by atoms with Gasteiger partial charge in [0.15, 0.2) is 17.5 Å². The van der Waals surface area contributed by atoms with Gasteiger partial charge in [0.1, 0.15) is 11.2 Å². The second-order valence-electron chi connectivity index (χ2n) is 15.9. The molecular weight excluding hydrogens is 789 g/mol. The van der Waals surface area contributed by atoms with E-state index < -0.39 is 0 Å². The van der Waals surface area contributed by atoms with Crippen LogP contribution in [0.25, 0.3) is 126 Å². The highest BCUT2D eigenvalue weighted by Crippen LogP contribution is 2.45. The van der Waals surface area contributed by atoms with Crippen LogP contribution < -0.4 is 0 Å². The number of hydrogen-bond acceptors (Lipinski definition) is 5. The summed E-state index contributed by atoms with van der Waals surface area (Å²) in [7, 11) is 0. The molecule has 0 aliphatic carbocycles. The van der Waals surface area contributed by atoms with Gasteiger partial charge in [-0.05, 0) is 82.9 Å². The topological polar surface area (TPSA) is 56.7 Å². The van der Waals surface area contributed by atoms with Crippen molar-refractivity contribution in [1.29, 1.82) is 0 Å². The Kier molecular flexibility index (Phi) is 8.01. The molecule has 0 amide bonds. The van der Waals surface area contributed by atoms with Gasteiger partial charge in [0, 0.05) is 64.1 Å². The van der Waals surface area contributed by atoms with Crippen molar-refractivity contribution in [2.75, 3.05) is 0 Å². The van der Waals surface area contributed by atoms with Crippen LogP contribution in [0.1, 0.15) is 0 Å². The summed E-state index contributed by atoms with van der Waals surface area (Å²) in [5.74, 6) is 1.80. The molecule has 6 heteroatoms. The van der Waals surface area contributed by atoms with Crippen molar-refractivity contribution in [2.24, 2.45) is 0 Å². The molecule has 0 unspecified atom stereocenters. The molecule has 13 rings (SSSR count). The van der Waals surface area contributed by atoms with Gasteiger partial charge in [0.05, 0.1) is 11.0 Å². The van der Waals surface area contributed by atoms with Gasteiger partial charge in [-0.25, -0.2) is 15.0 Å². The molecule has 9 aromatic carbocycles. The zero-order valence-corrected chi connectivity index (χ0v) is 34.6. The Morgan fingerprint density at radius 3 is 1.83 bits per heavy atom. The Balaban J connectivity index is 1.00. The number of nitrogens with zero attached hydrogens (tertiary/aromatic N) is 4. The molecule has 0 aliphatic heterocycles. The Hall–Kier alpha value is -8.19. The van der Waals surface area contributed by atoms with Gasteiger partial charge < -0.3 is 8.98 Å². The SMILES string of the molecule is c1ccc(-c2nc(-c3ccc4c(c3)c3ccccc3n4-c3ccccc3)nc(-c3cccc4oc5ccc(-c6cccc7sc8c(-c9ccccc9)cccc8c67)cc5c34)n2)cc1. The molecule has 0 fully saturated rings. The number of furan rings is 1. The van der Waals surface area contributed by atoms with Crippen LogP contribution >= 0.6 is 11.3 Å². The van der Waals surface area contributed by atoms with E-state index in [-0.39, 0.29) is 0 Å². The molecule has 13 aromatic rings. The zero-order valence-electron chi connectivity index (χ0n) is 33.7. The number of fused-ring (bicyclic) bond motifs is 9. The predicted molar refractivity (Wildman–Crippen MR) is 262 cm³/mol. The molecule has 0 bridgehead atoms. The molecule has 4 aromatic heterocycles. The van der Waals surface area contributed by atoms with Crippen molar-refractivity contribution in [1.82, 2.24) is 19.5 Å². The molecule has 4 heterocycles. The second-order valence-corrected chi connectivity index (χ2v) is 17.0. The van der Waals surface area contributed by atoms with Crippen LogP contribution in [0.15, 0.2) is 211 Å². The van der Waals surface area contributed by atoms with E-state index >= 15 is 0 Å². The number of thiophene rings is 1. The minimum Gasteiger partial charge on any atom is -0.456 e. The number of rotatable bonds is 6. The predicted octanol–water partition coefficient (Wildman–Crippen LogP) is 15.6. The van der Waals surface area contributed by atoms with E-state index in [1.165, 1.54) is 42.2 Å². The third-order valence-corrected chi connectivity index (χ3v) is 13.5. The molecule has 0 saturated heterocycles. The average molecular weight is 823 g/mol. The van der Waals surface area contributed by atoms with Crippen molar-refractivity contribution < 1.29 is 4.42 Å². The summed E-state index contributed by atoms with van der Waals surface area (Å²) >= 11 is 1.86. The lowest BCUT2D eigenvalue weighted by atomic mass is 9.96. The number of benzene rings is 9. The molecule has 0 aliphatic rings. The van der Waals surface area contributed by atoms with Crippen LogP contribution in [0.5, 0.6) is 0 Å². The molecular formula is C57H34N4OS. The van der Waals surface area contributed by atoms with Crippen molar-refractivity contribution >= 4 is 75.3 Å². The monoisotopic (exact) mass is 822 g/mol. The quantitative estimate of drug-likeness (QED) is 0.168. The Labute approximate surface area is 365 Å². The lowest BCUT2D eigenvalue weighted by Crippen LogP contribution is -2.00. The first-order valence-electron chi connectivity index (χ1n) is 21.1. The first kappa shape index (κ1) is 35.6. The summed E-state index contributed by atoms with van der Waals surface area (Å²) < 4.78 is 11.5. The minimum atomic E-state index is 0.587. The summed E-state index contributed by atoms with van der Waals surface area (Å²) in [5.41, 5.74) is 12.5. The van der Waals surface area contributed by atoms with Gasteiger partial charge in [-0.2, -0.15) is 0 Å². The van der Waals surface area contributed by atoms with Gasteiger partial charge >= 0.3 is 0 Å². The van der Waals surface area contributed by atoms with E-state index in [0.717, 1.165) is 66.3 Å². The summed E-state index contributed by atoms with van der Waals surface area (Å²) in [5, 5.41) is 6.82. The van der Waals surface area contributed by atoms with Crippen molar-refractivity contribution in [3.8, 4) is 62.1 Å². The van der Waals surface area contributed by atoms with Crippen LogP contribution in [0.2, 0.25) is 0 Å². The highest BCUT2D eigenvalue weighted by Gasteiger charge is 2.21. The summed E-state index contributed by atoms with van der Waals surface area (Å²) in [4.78, 5) is 15.7. The molecule has 0 atom stereocenters. The molecule has 294 valence electrons. The largest absolute Gasteiger partial charge is 0.456 e. The summed E-state index contributed by atoms with van der Waals surface area (Å²) in [6, 6.07) is 72.5. The third-order valence-electron chi connectivity index (χ3n) is 12.3. The minimum absolute atomic E-state index is 0.587. The van der Waals surface area contributed by atoms with Gasteiger partial charge in [-0.3, -0.25) is 0 Å². The fourth-order valence-corrected chi connectivity index (χ4v) is 10.7. The van der Waals surface area contributed by atoms with Crippen molar-refractivity contribution in [3.05, 3.63) is 206 Å². The normalized spacial score (nSPS) is 11.8. The highest BCUT2D eigenvalue weighted by atomic mass is 32.1. The van der Waals surface area contributed by atoms with E-state index in [0.29, 0.717) is 17.5 Å². The molecule has 0 spiro atoms. The first-order chi connectivity index (χ1) is 31.2. The number of hydrogen-bond donors (Lipinski definition) is 0. The summed E-state index contributed by atoms with van der Waals surface area (Å²) in [6.07, 6.45) is 0. The van der Waals surface area contributed by atoms with Gasteiger partial charge in [0.25, 0.3) is 0 Å². The van der Waals surface area contributed by atoms with E-state index in [2.05, 4.69) is 180 Å². The zero-order chi connectivity index (χ0) is 41.4. The van der Waals surface area contributed by atoms with E-state index in [1.807, 2.05) is 41.7 Å². The standard InChI is InChI=1S/C57H34N4OS/c1-4-15-35(16-5-1)41-23-12-24-43-53-40(22-14-28-51(53)63-54(41)43)37-30-32-49-46(33-37)52-44(25-13-27-50(52)62-49)57-59-55(36-17-6-2-7-18-36)58-56(60-57)38-29-31-48-45(34-38)42-21-10-11-26-47(42)61(48)39-19-8-3-9-20-39/h1-34H. The fraction of sp³-hybridized carbons (Fsp3) is 0. The summed E-state index contributed by atoms with van der Waals surface area (Å²) in [6.45, 7) is 0. The van der Waals surface area contributed by atoms with Crippen LogP contribution in [0, 0.1) is 0 Å². The number of aromatic nitrogens is 4. The van der Waals surface area contributed by atoms with Crippen molar-refractivity contribution in [2.45, 2.75) is 0 Å². The van der Waals surface area contributed by atoms with E-state index in [4.69, 9.17) is 19.4 Å². The molecule has 63 heavy (non-hydrogen) atoms. The maximum atomic E-state index is 6.60.